The number of carbonyl (C=O) groups is 1. The van der Waals surface area contributed by atoms with E-state index in [1.807, 2.05) is 0 Å². The molecule has 3 aliphatic heterocycles. The van der Waals surface area contributed by atoms with Crippen molar-refractivity contribution in [3.8, 4) is 0 Å². The third-order valence-corrected chi connectivity index (χ3v) is 4.89. The summed E-state index contributed by atoms with van der Waals surface area (Å²) in [7, 11) is 0. The van der Waals surface area contributed by atoms with Crippen LogP contribution in [0.1, 0.15) is 19.3 Å². The smallest absolute Gasteiger partial charge is 0.224 e. The van der Waals surface area contributed by atoms with Gasteiger partial charge in [-0.2, -0.15) is 0 Å². The van der Waals surface area contributed by atoms with Crippen LogP contribution < -0.4 is 5.32 Å². The Kier molecular flexibility index (Phi) is 2.84. The summed E-state index contributed by atoms with van der Waals surface area (Å²) in [5.74, 6) is 3.02. The topological polar surface area (TPSA) is 32.3 Å². The van der Waals surface area contributed by atoms with Crippen LogP contribution in [0.25, 0.3) is 0 Å². The Morgan fingerprint density at radius 1 is 1.31 bits per heavy atom. The van der Waals surface area contributed by atoms with Crippen molar-refractivity contribution in [2.24, 2.45) is 17.8 Å². The van der Waals surface area contributed by atoms with Crippen molar-refractivity contribution in [2.45, 2.75) is 25.3 Å². The molecular weight excluding hydrogens is 224 g/mol. The standard InChI is InChI=1S/C12H19ClN2O/c13-4-3-12(16)15-7-8-1-2-11(15)10-6-14-5-9(8)10/h8-11,14H,1-7H2/t8-,9+,10+,11+/m1/s1. The van der Waals surface area contributed by atoms with Crippen molar-refractivity contribution in [3.63, 3.8) is 0 Å². The lowest BCUT2D eigenvalue weighted by atomic mass is 9.66. The Morgan fingerprint density at radius 2 is 2.12 bits per heavy atom. The fourth-order valence-electron chi connectivity index (χ4n) is 3.98. The lowest BCUT2D eigenvalue weighted by Crippen LogP contribution is -2.59. The average molecular weight is 243 g/mol. The van der Waals surface area contributed by atoms with Crippen LogP contribution in [0.5, 0.6) is 0 Å². The molecule has 4 rings (SSSR count). The van der Waals surface area contributed by atoms with Crippen LogP contribution in [-0.4, -0.2) is 42.4 Å². The van der Waals surface area contributed by atoms with Crippen molar-refractivity contribution in [1.29, 1.82) is 0 Å². The molecule has 0 aromatic rings. The Hall–Kier alpha value is -0.280. The zero-order valence-electron chi connectivity index (χ0n) is 9.49. The van der Waals surface area contributed by atoms with Gasteiger partial charge in [0, 0.05) is 31.4 Å². The van der Waals surface area contributed by atoms with Crippen molar-refractivity contribution in [1.82, 2.24) is 10.2 Å². The number of fused-ring (bicyclic) bond motifs is 2. The number of amides is 1. The minimum atomic E-state index is 0.273. The van der Waals surface area contributed by atoms with Crippen LogP contribution in [-0.2, 0) is 4.79 Å². The van der Waals surface area contributed by atoms with E-state index in [9.17, 15) is 4.79 Å². The zero-order valence-corrected chi connectivity index (χ0v) is 10.2. The maximum absolute atomic E-state index is 12.0. The van der Waals surface area contributed by atoms with Gasteiger partial charge in [0.05, 0.1) is 0 Å². The maximum Gasteiger partial charge on any atom is 0.224 e. The van der Waals surface area contributed by atoms with Crippen LogP contribution in [0.15, 0.2) is 0 Å². The fraction of sp³-hybridized carbons (Fsp3) is 0.917. The van der Waals surface area contributed by atoms with E-state index in [2.05, 4.69) is 10.2 Å². The number of alkyl halides is 1. The molecule has 4 aliphatic rings. The predicted octanol–water partition coefficient (Wildman–Crippen LogP) is 1.07. The monoisotopic (exact) mass is 242 g/mol. The molecule has 1 N–H and O–H groups in total. The summed E-state index contributed by atoms with van der Waals surface area (Å²) >= 11 is 5.67. The number of hydrogen-bond acceptors (Lipinski definition) is 2. The lowest BCUT2D eigenvalue weighted by molar-refractivity contribution is -0.143. The molecule has 4 heteroatoms. The van der Waals surface area contributed by atoms with E-state index in [0.29, 0.717) is 24.3 Å². The van der Waals surface area contributed by atoms with Crippen LogP contribution in [0.2, 0.25) is 0 Å². The van der Waals surface area contributed by atoms with Gasteiger partial charge in [-0.25, -0.2) is 0 Å². The van der Waals surface area contributed by atoms with E-state index in [-0.39, 0.29) is 5.91 Å². The quantitative estimate of drug-likeness (QED) is 0.735. The summed E-state index contributed by atoms with van der Waals surface area (Å²) in [6, 6.07) is 0.501. The van der Waals surface area contributed by atoms with Crippen molar-refractivity contribution in [2.75, 3.05) is 25.5 Å². The van der Waals surface area contributed by atoms with Gasteiger partial charge in [-0.05, 0) is 37.1 Å². The van der Waals surface area contributed by atoms with Gasteiger partial charge in [-0.3, -0.25) is 4.79 Å². The molecule has 0 unspecified atom stereocenters. The number of piperidine rings is 2. The molecule has 4 fully saturated rings. The first-order valence-corrected chi connectivity index (χ1v) is 6.91. The second kappa shape index (κ2) is 4.19. The summed E-state index contributed by atoms with van der Waals surface area (Å²) in [4.78, 5) is 14.1. The molecule has 2 bridgehead atoms. The molecule has 1 aliphatic carbocycles. The van der Waals surface area contributed by atoms with Crippen molar-refractivity contribution in [3.05, 3.63) is 0 Å². The van der Waals surface area contributed by atoms with Gasteiger partial charge in [0.1, 0.15) is 0 Å². The summed E-state index contributed by atoms with van der Waals surface area (Å²) < 4.78 is 0. The van der Waals surface area contributed by atoms with Gasteiger partial charge < -0.3 is 10.2 Å². The van der Waals surface area contributed by atoms with E-state index in [1.165, 1.54) is 19.4 Å². The van der Waals surface area contributed by atoms with Gasteiger partial charge in [-0.1, -0.05) is 0 Å². The van der Waals surface area contributed by atoms with Crippen LogP contribution >= 0.6 is 11.6 Å². The lowest BCUT2D eigenvalue weighted by Gasteiger charge is -2.52. The predicted molar refractivity (Wildman–Crippen MR) is 63.4 cm³/mol. The minimum absolute atomic E-state index is 0.273. The molecule has 4 atom stereocenters. The summed E-state index contributed by atoms with van der Waals surface area (Å²) in [6.07, 6.45) is 3.04. The Balaban J connectivity index is 1.77. The molecule has 0 radical (unpaired) electrons. The van der Waals surface area contributed by atoms with E-state index in [1.54, 1.807) is 0 Å². The highest BCUT2D eigenvalue weighted by Crippen LogP contribution is 2.45. The SMILES string of the molecule is O=C(CCCl)N1C[C@H]2CC[C@H]1[C@H]1CNC[C@@H]21. The number of rotatable bonds is 2. The second-order valence-electron chi connectivity index (χ2n) is 5.38. The Labute approximate surface area is 102 Å². The normalized spacial score (nSPS) is 41.2. The molecule has 3 nitrogen and oxygen atoms in total. The van der Waals surface area contributed by atoms with E-state index in [0.717, 1.165) is 24.9 Å². The molecule has 3 saturated heterocycles. The highest BCUT2D eigenvalue weighted by Gasteiger charge is 2.50. The fourth-order valence-corrected chi connectivity index (χ4v) is 4.14. The van der Waals surface area contributed by atoms with Gasteiger partial charge in [0.15, 0.2) is 0 Å². The van der Waals surface area contributed by atoms with Gasteiger partial charge in [0.25, 0.3) is 0 Å². The maximum atomic E-state index is 12.0. The van der Waals surface area contributed by atoms with Crippen LogP contribution in [0.3, 0.4) is 0 Å². The molecule has 0 spiro atoms. The molecule has 0 aromatic carbocycles. The van der Waals surface area contributed by atoms with Gasteiger partial charge >= 0.3 is 0 Å². The first-order valence-electron chi connectivity index (χ1n) is 6.37. The molecule has 90 valence electrons. The third-order valence-electron chi connectivity index (χ3n) is 4.70. The van der Waals surface area contributed by atoms with Crippen molar-refractivity contribution >= 4 is 17.5 Å². The number of halogens is 1. The highest BCUT2D eigenvalue weighted by molar-refractivity contribution is 6.18. The summed E-state index contributed by atoms with van der Waals surface area (Å²) in [5, 5.41) is 3.49. The molecule has 1 saturated carbocycles. The van der Waals surface area contributed by atoms with Gasteiger partial charge in [-0.15, -0.1) is 11.6 Å². The van der Waals surface area contributed by atoms with Gasteiger partial charge in [0.2, 0.25) is 5.91 Å². The highest BCUT2D eigenvalue weighted by atomic mass is 35.5. The first-order chi connectivity index (χ1) is 7.81. The number of nitrogens with zero attached hydrogens (tertiary/aromatic N) is 1. The number of hydrogen-bond donors (Lipinski definition) is 1. The minimum Gasteiger partial charge on any atom is -0.339 e. The molecule has 1 amide bonds. The molecule has 16 heavy (non-hydrogen) atoms. The van der Waals surface area contributed by atoms with E-state index in [4.69, 9.17) is 11.6 Å². The number of nitrogens with one attached hydrogen (secondary N) is 1. The Morgan fingerprint density at radius 3 is 2.94 bits per heavy atom. The largest absolute Gasteiger partial charge is 0.339 e. The van der Waals surface area contributed by atoms with E-state index >= 15 is 0 Å². The van der Waals surface area contributed by atoms with Crippen molar-refractivity contribution < 1.29 is 4.79 Å². The van der Waals surface area contributed by atoms with Crippen LogP contribution in [0.4, 0.5) is 0 Å². The van der Waals surface area contributed by atoms with Crippen LogP contribution in [0, 0.1) is 17.8 Å². The number of carbonyl (C=O) groups excluding carboxylic acids is 1. The first kappa shape index (κ1) is 10.8. The molecule has 0 aromatic heterocycles. The third kappa shape index (κ3) is 1.56. The molecular formula is C12H19ClN2O. The molecule has 3 heterocycles. The van der Waals surface area contributed by atoms with E-state index < -0.39 is 0 Å². The summed E-state index contributed by atoms with van der Waals surface area (Å²) in [6.45, 7) is 3.27. The summed E-state index contributed by atoms with van der Waals surface area (Å²) in [5.41, 5.74) is 0. The Bertz CT molecular complexity index is 297. The second-order valence-corrected chi connectivity index (χ2v) is 5.75. The zero-order chi connectivity index (χ0) is 11.1. The average Bonchev–Trinajstić information content (AvgIpc) is 2.80.